The zero-order chi connectivity index (χ0) is 15.0. The lowest BCUT2D eigenvalue weighted by molar-refractivity contribution is -0.127. The van der Waals surface area contributed by atoms with Gasteiger partial charge >= 0.3 is 0 Å². The summed E-state index contributed by atoms with van der Waals surface area (Å²) in [6, 6.07) is 0. The van der Waals surface area contributed by atoms with Crippen LogP contribution in [0.5, 0.6) is 0 Å². The lowest BCUT2D eigenvalue weighted by atomic mass is 10.1. The molecule has 1 atom stereocenters. The molecule has 1 fully saturated rings. The van der Waals surface area contributed by atoms with Crippen molar-refractivity contribution in [2.24, 2.45) is 4.99 Å². The molecule has 1 saturated heterocycles. The monoisotopic (exact) mass is 426 g/mol. The molecule has 0 aromatic carbocycles. The first kappa shape index (κ1) is 20.6. The van der Waals surface area contributed by atoms with Gasteiger partial charge in [0.1, 0.15) is 6.54 Å². The van der Waals surface area contributed by atoms with Crippen molar-refractivity contribution in [1.82, 2.24) is 15.5 Å². The van der Waals surface area contributed by atoms with Crippen LogP contribution in [0.15, 0.2) is 17.6 Å². The van der Waals surface area contributed by atoms with Crippen molar-refractivity contribution in [3.8, 4) is 0 Å². The number of hydrogen-bond donors (Lipinski definition) is 2. The van der Waals surface area contributed by atoms with Crippen molar-refractivity contribution in [1.29, 1.82) is 0 Å². The van der Waals surface area contributed by atoms with E-state index in [0.717, 1.165) is 6.54 Å². The standard InChI is InChI=1S/C14H26N4OS.HI/c1-5-8-15-13(16-10-12(19)18(3)4)17-11-14(2)7-6-9-20-14;/h5H,1,6-11H2,2-4H3,(H2,15,16,17);1H. The van der Waals surface area contributed by atoms with Crippen molar-refractivity contribution in [2.75, 3.05) is 39.5 Å². The van der Waals surface area contributed by atoms with E-state index in [1.807, 2.05) is 11.8 Å². The van der Waals surface area contributed by atoms with Crippen molar-refractivity contribution >= 4 is 47.6 Å². The third-order valence-corrected chi connectivity index (χ3v) is 4.75. The van der Waals surface area contributed by atoms with Crippen LogP contribution < -0.4 is 10.6 Å². The number of thioether (sulfide) groups is 1. The molecule has 5 nitrogen and oxygen atoms in total. The van der Waals surface area contributed by atoms with Crippen molar-refractivity contribution in [3.05, 3.63) is 12.7 Å². The first-order chi connectivity index (χ1) is 9.47. The summed E-state index contributed by atoms with van der Waals surface area (Å²) in [7, 11) is 3.47. The largest absolute Gasteiger partial charge is 0.355 e. The van der Waals surface area contributed by atoms with Gasteiger partial charge in [-0.1, -0.05) is 6.08 Å². The second kappa shape index (κ2) is 10.3. The van der Waals surface area contributed by atoms with Crippen LogP contribution in [0.3, 0.4) is 0 Å². The Morgan fingerprint density at radius 1 is 1.48 bits per heavy atom. The predicted molar refractivity (Wildman–Crippen MR) is 103 cm³/mol. The molecule has 1 heterocycles. The number of guanidine groups is 1. The van der Waals surface area contributed by atoms with Gasteiger partial charge < -0.3 is 15.5 Å². The van der Waals surface area contributed by atoms with Crippen molar-refractivity contribution in [2.45, 2.75) is 24.5 Å². The molecule has 0 spiro atoms. The van der Waals surface area contributed by atoms with Gasteiger partial charge in [0.05, 0.1) is 0 Å². The Hall–Kier alpha value is -0.440. The number of rotatable bonds is 6. The van der Waals surface area contributed by atoms with Crippen LogP contribution >= 0.6 is 35.7 Å². The Bertz CT molecular complexity index is 368. The van der Waals surface area contributed by atoms with Crippen LogP contribution in [0.2, 0.25) is 0 Å². The fourth-order valence-corrected chi connectivity index (χ4v) is 3.12. The Labute approximate surface area is 149 Å². The molecule has 7 heteroatoms. The first-order valence-corrected chi connectivity index (χ1v) is 7.92. The Morgan fingerprint density at radius 3 is 2.71 bits per heavy atom. The number of nitrogens with one attached hydrogen (secondary N) is 2. The molecule has 21 heavy (non-hydrogen) atoms. The van der Waals surface area contributed by atoms with Gasteiger partial charge in [0.15, 0.2) is 5.96 Å². The maximum Gasteiger partial charge on any atom is 0.243 e. The quantitative estimate of drug-likeness (QED) is 0.294. The molecule has 0 bridgehead atoms. The number of carbonyl (C=O) groups is 1. The smallest absolute Gasteiger partial charge is 0.243 e. The molecule has 0 aromatic heterocycles. The topological polar surface area (TPSA) is 56.7 Å². The van der Waals surface area contributed by atoms with Gasteiger partial charge in [-0.25, -0.2) is 4.99 Å². The summed E-state index contributed by atoms with van der Waals surface area (Å²) in [6.07, 6.45) is 4.27. The van der Waals surface area contributed by atoms with E-state index in [1.54, 1.807) is 25.1 Å². The van der Waals surface area contributed by atoms with E-state index in [0.29, 0.717) is 12.5 Å². The summed E-state index contributed by atoms with van der Waals surface area (Å²) in [6.45, 7) is 7.60. The molecule has 0 aromatic rings. The van der Waals surface area contributed by atoms with Gasteiger partial charge in [-0.2, -0.15) is 11.8 Å². The Morgan fingerprint density at radius 2 is 2.19 bits per heavy atom. The highest BCUT2D eigenvalue weighted by Gasteiger charge is 2.29. The summed E-state index contributed by atoms with van der Waals surface area (Å²) < 4.78 is 0.266. The second-order valence-electron chi connectivity index (χ2n) is 5.38. The molecule has 0 radical (unpaired) electrons. The van der Waals surface area contributed by atoms with Gasteiger partial charge in [-0.3, -0.25) is 4.79 Å². The number of amides is 1. The summed E-state index contributed by atoms with van der Waals surface area (Å²) in [4.78, 5) is 17.4. The minimum Gasteiger partial charge on any atom is -0.355 e. The van der Waals surface area contributed by atoms with Gasteiger partial charge in [0.25, 0.3) is 0 Å². The van der Waals surface area contributed by atoms with Crippen LogP contribution in [-0.4, -0.2) is 61.0 Å². The number of likely N-dealkylation sites (N-methyl/N-ethyl adjacent to an activating group) is 1. The van der Waals surface area contributed by atoms with Gasteiger partial charge in [-0.05, 0) is 25.5 Å². The molecular formula is C14H27IN4OS. The number of halogens is 1. The van der Waals surface area contributed by atoms with E-state index in [4.69, 9.17) is 0 Å². The maximum absolute atomic E-state index is 11.6. The van der Waals surface area contributed by atoms with Crippen molar-refractivity contribution in [3.63, 3.8) is 0 Å². The molecular weight excluding hydrogens is 399 g/mol. The van der Waals surface area contributed by atoms with Gasteiger partial charge in [0.2, 0.25) is 5.91 Å². The number of hydrogen-bond acceptors (Lipinski definition) is 3. The SMILES string of the molecule is C=CCNC(=NCC(=O)N(C)C)NCC1(C)CCCS1.I. The van der Waals surface area contributed by atoms with Crippen LogP contribution in [0.25, 0.3) is 0 Å². The van der Waals surface area contributed by atoms with Crippen molar-refractivity contribution < 1.29 is 4.79 Å². The van der Waals surface area contributed by atoms with E-state index in [-0.39, 0.29) is 41.2 Å². The molecule has 1 amide bonds. The summed E-state index contributed by atoms with van der Waals surface area (Å²) >= 11 is 2.00. The highest BCUT2D eigenvalue weighted by Crippen LogP contribution is 2.36. The van der Waals surface area contributed by atoms with Gasteiger partial charge in [0, 0.05) is 31.9 Å². The summed E-state index contributed by atoms with van der Waals surface area (Å²) in [5.41, 5.74) is 0. The fraction of sp³-hybridized carbons (Fsp3) is 0.714. The zero-order valence-electron chi connectivity index (χ0n) is 13.1. The minimum absolute atomic E-state index is 0. The highest BCUT2D eigenvalue weighted by atomic mass is 127. The van der Waals surface area contributed by atoms with E-state index < -0.39 is 0 Å². The van der Waals surface area contributed by atoms with Gasteiger partial charge in [-0.15, -0.1) is 30.6 Å². The third kappa shape index (κ3) is 7.94. The van der Waals surface area contributed by atoms with E-state index in [1.165, 1.54) is 18.6 Å². The first-order valence-electron chi connectivity index (χ1n) is 6.94. The second-order valence-corrected chi connectivity index (χ2v) is 7.06. The maximum atomic E-state index is 11.6. The fourth-order valence-electron chi connectivity index (χ4n) is 1.88. The normalized spacial score (nSPS) is 21.4. The molecule has 1 aliphatic heterocycles. The van der Waals surface area contributed by atoms with E-state index in [2.05, 4.69) is 29.1 Å². The molecule has 2 N–H and O–H groups in total. The van der Waals surface area contributed by atoms with Crippen LogP contribution in [0.4, 0.5) is 0 Å². The molecule has 122 valence electrons. The zero-order valence-corrected chi connectivity index (χ0v) is 16.3. The third-order valence-electron chi connectivity index (χ3n) is 3.22. The summed E-state index contributed by atoms with van der Waals surface area (Å²) in [5, 5.41) is 6.48. The minimum atomic E-state index is -0.00819. The number of carbonyl (C=O) groups excluding carboxylic acids is 1. The molecule has 1 unspecified atom stereocenters. The predicted octanol–water partition coefficient (Wildman–Crippen LogP) is 1.70. The average molecular weight is 426 g/mol. The molecule has 1 aliphatic rings. The average Bonchev–Trinajstić information content (AvgIpc) is 2.84. The number of nitrogens with zero attached hydrogens (tertiary/aromatic N) is 2. The molecule has 0 saturated carbocycles. The molecule has 1 rings (SSSR count). The lowest BCUT2D eigenvalue weighted by Crippen LogP contribution is -2.44. The van der Waals surface area contributed by atoms with Crippen LogP contribution in [0.1, 0.15) is 19.8 Å². The number of aliphatic imine (C=N–C) groups is 1. The van der Waals surface area contributed by atoms with E-state index in [9.17, 15) is 4.79 Å². The molecule has 0 aliphatic carbocycles. The van der Waals surface area contributed by atoms with Crippen LogP contribution in [-0.2, 0) is 4.79 Å². The van der Waals surface area contributed by atoms with E-state index >= 15 is 0 Å². The Balaban J connectivity index is 0.00000400. The highest BCUT2D eigenvalue weighted by molar-refractivity contribution is 14.0. The lowest BCUT2D eigenvalue weighted by Gasteiger charge is -2.24. The summed E-state index contributed by atoms with van der Waals surface area (Å²) in [5.74, 6) is 1.89. The van der Waals surface area contributed by atoms with Crippen LogP contribution in [0, 0.1) is 0 Å². The Kier molecular flexibility index (Phi) is 10.1.